The van der Waals surface area contributed by atoms with Gasteiger partial charge in [0.25, 0.3) is 11.5 Å². The molecular formula is C24H29ClN6O7S. The van der Waals surface area contributed by atoms with Crippen LogP contribution in [0, 0.1) is 0 Å². The molecule has 0 radical (unpaired) electrons. The van der Waals surface area contributed by atoms with E-state index < -0.39 is 45.7 Å². The predicted molar refractivity (Wildman–Crippen MR) is 147 cm³/mol. The Hall–Kier alpha value is -4.14. The van der Waals surface area contributed by atoms with Gasteiger partial charge in [-0.15, -0.1) is 12.4 Å². The largest absolute Gasteiger partial charge is 0.492 e. The molecule has 0 spiro atoms. The minimum absolute atomic E-state index is 0. The van der Waals surface area contributed by atoms with Crippen molar-refractivity contribution >= 4 is 45.6 Å². The third kappa shape index (κ3) is 8.98. The standard InChI is InChI=1S/C24H28N6O7S.ClH/c25-24(26)27-9-4-10-37-18-8-7-17-11-16(12-21(31)30(17)14-18)22(32)28-13-20(23(33)34)29-15-38(35,36)19-5-2-1-3-6-19;/h1-3,5-8,11-12,14,20,29H,4,9-10,13,15H2,(H,28,32)(H,33,34)(H4,25,26,27);1H/t20-;/m0./s1. The number of carboxylic acid groups (broad SMARTS) is 1. The SMILES string of the molecule is Cl.NC(N)=NCCCOc1ccc2cc(C(=O)NC[C@H](NCS(=O)(=O)c3ccccc3)C(=O)O)cc(=O)n2c1. The normalized spacial score (nSPS) is 11.7. The lowest BCUT2D eigenvalue weighted by atomic mass is 10.2. The van der Waals surface area contributed by atoms with E-state index in [-0.39, 0.29) is 28.8 Å². The quantitative estimate of drug-likeness (QED) is 0.103. The number of carboxylic acids is 1. The van der Waals surface area contributed by atoms with Crippen molar-refractivity contribution < 1.29 is 27.9 Å². The molecule has 0 fully saturated rings. The van der Waals surface area contributed by atoms with E-state index in [4.69, 9.17) is 16.2 Å². The molecule has 7 N–H and O–H groups in total. The molecule has 0 saturated heterocycles. The number of nitrogens with zero attached hydrogens (tertiary/aromatic N) is 2. The lowest BCUT2D eigenvalue weighted by molar-refractivity contribution is -0.139. The summed E-state index contributed by atoms with van der Waals surface area (Å²) in [7, 11) is -3.78. The topological polar surface area (TPSA) is 208 Å². The molecule has 0 aliphatic rings. The Balaban J connectivity index is 0.00000533. The van der Waals surface area contributed by atoms with Crippen LogP contribution >= 0.6 is 12.4 Å². The molecule has 1 aromatic carbocycles. The molecular weight excluding hydrogens is 552 g/mol. The Morgan fingerprint density at radius 1 is 1.10 bits per heavy atom. The van der Waals surface area contributed by atoms with Gasteiger partial charge in [0.2, 0.25) is 0 Å². The summed E-state index contributed by atoms with van der Waals surface area (Å²) in [6, 6.07) is 12.0. The average molecular weight is 581 g/mol. The van der Waals surface area contributed by atoms with E-state index in [0.29, 0.717) is 30.8 Å². The number of aliphatic carboxylic acids is 1. The summed E-state index contributed by atoms with van der Waals surface area (Å²) in [5.41, 5.74) is 10.5. The van der Waals surface area contributed by atoms with Crippen LogP contribution in [0.15, 0.2) is 75.5 Å². The first-order chi connectivity index (χ1) is 18.1. The number of rotatable bonds is 13. The Morgan fingerprint density at radius 2 is 1.82 bits per heavy atom. The number of hydrogen-bond acceptors (Lipinski definition) is 8. The van der Waals surface area contributed by atoms with Crippen LogP contribution in [0.5, 0.6) is 5.75 Å². The van der Waals surface area contributed by atoms with Crippen LogP contribution in [0.4, 0.5) is 0 Å². The summed E-state index contributed by atoms with van der Waals surface area (Å²) in [5.74, 6) is -2.25. The van der Waals surface area contributed by atoms with Crippen LogP contribution in [-0.4, -0.2) is 67.4 Å². The number of hydrogen-bond donors (Lipinski definition) is 5. The van der Waals surface area contributed by atoms with Crippen LogP contribution in [0.25, 0.3) is 5.52 Å². The molecule has 13 nitrogen and oxygen atoms in total. The van der Waals surface area contributed by atoms with Crippen molar-refractivity contribution in [2.45, 2.75) is 17.4 Å². The molecule has 2 heterocycles. The van der Waals surface area contributed by atoms with Crippen molar-refractivity contribution in [2.24, 2.45) is 16.5 Å². The Morgan fingerprint density at radius 3 is 2.49 bits per heavy atom. The molecule has 210 valence electrons. The van der Waals surface area contributed by atoms with E-state index in [0.717, 1.165) is 6.07 Å². The molecule has 15 heteroatoms. The summed E-state index contributed by atoms with van der Waals surface area (Å²) in [6.45, 7) is 0.308. The predicted octanol–water partition coefficient (Wildman–Crippen LogP) is -0.0324. The first-order valence-electron chi connectivity index (χ1n) is 11.4. The first-order valence-corrected chi connectivity index (χ1v) is 13.1. The van der Waals surface area contributed by atoms with Crippen molar-refractivity contribution in [3.05, 3.63) is 76.7 Å². The van der Waals surface area contributed by atoms with Crippen molar-refractivity contribution in [2.75, 3.05) is 25.6 Å². The number of pyridine rings is 2. The summed E-state index contributed by atoms with van der Waals surface area (Å²) >= 11 is 0. The molecule has 0 unspecified atom stereocenters. The van der Waals surface area contributed by atoms with Gasteiger partial charge in [0.1, 0.15) is 17.7 Å². The highest BCUT2D eigenvalue weighted by Gasteiger charge is 2.22. The first kappa shape index (κ1) is 31.1. The molecule has 39 heavy (non-hydrogen) atoms. The van der Waals surface area contributed by atoms with Crippen molar-refractivity contribution in [3.8, 4) is 5.75 Å². The molecule has 0 aliphatic carbocycles. The lowest BCUT2D eigenvalue weighted by Crippen LogP contribution is -2.47. The number of ether oxygens (including phenoxy) is 1. The van der Waals surface area contributed by atoms with E-state index in [9.17, 15) is 27.9 Å². The number of sulfone groups is 1. The maximum Gasteiger partial charge on any atom is 0.322 e. The number of guanidine groups is 1. The van der Waals surface area contributed by atoms with Crippen molar-refractivity contribution in [1.29, 1.82) is 0 Å². The van der Waals surface area contributed by atoms with Gasteiger partial charge in [-0.3, -0.25) is 29.1 Å². The Bertz CT molecular complexity index is 1490. The highest BCUT2D eigenvalue weighted by Crippen LogP contribution is 2.14. The van der Waals surface area contributed by atoms with Gasteiger partial charge in [-0.25, -0.2) is 8.42 Å². The Kier molecular flexibility index (Phi) is 11.3. The minimum Gasteiger partial charge on any atom is -0.492 e. The molecule has 3 aromatic rings. The second kappa shape index (κ2) is 14.1. The maximum absolute atomic E-state index is 12.7. The number of amides is 1. The van der Waals surface area contributed by atoms with Gasteiger partial charge in [0.05, 0.1) is 17.7 Å². The van der Waals surface area contributed by atoms with Crippen molar-refractivity contribution in [3.63, 3.8) is 0 Å². The van der Waals surface area contributed by atoms with E-state index in [1.807, 2.05) is 0 Å². The van der Waals surface area contributed by atoms with Gasteiger partial charge < -0.3 is 26.6 Å². The summed E-state index contributed by atoms with van der Waals surface area (Å²) < 4.78 is 31.7. The van der Waals surface area contributed by atoms with Gasteiger partial charge in [0, 0.05) is 36.7 Å². The van der Waals surface area contributed by atoms with Gasteiger partial charge in [-0.1, -0.05) is 18.2 Å². The van der Waals surface area contributed by atoms with Gasteiger partial charge in [-0.2, -0.15) is 0 Å². The van der Waals surface area contributed by atoms with E-state index >= 15 is 0 Å². The maximum atomic E-state index is 12.7. The molecule has 0 aliphatic heterocycles. The Labute approximate surface area is 230 Å². The fraction of sp³-hybridized carbons (Fsp3) is 0.250. The molecule has 3 rings (SSSR count). The fourth-order valence-electron chi connectivity index (χ4n) is 3.35. The number of nitrogens with one attached hydrogen (secondary N) is 2. The summed E-state index contributed by atoms with van der Waals surface area (Å²) in [6.07, 6.45) is 2.05. The van der Waals surface area contributed by atoms with Crippen LogP contribution < -0.4 is 32.4 Å². The molecule has 1 amide bonds. The average Bonchev–Trinajstić information content (AvgIpc) is 2.88. The molecule has 2 aromatic heterocycles. The summed E-state index contributed by atoms with van der Waals surface area (Å²) in [5, 5.41) is 14.3. The van der Waals surface area contributed by atoms with Crippen LogP contribution in [-0.2, 0) is 14.6 Å². The van der Waals surface area contributed by atoms with Crippen LogP contribution in [0.1, 0.15) is 16.8 Å². The van der Waals surface area contributed by atoms with Gasteiger partial charge >= 0.3 is 5.97 Å². The second-order valence-electron chi connectivity index (χ2n) is 8.13. The number of benzene rings is 1. The van der Waals surface area contributed by atoms with E-state index in [1.54, 1.807) is 30.3 Å². The van der Waals surface area contributed by atoms with Gasteiger partial charge in [-0.05, 0) is 30.3 Å². The van der Waals surface area contributed by atoms with Crippen LogP contribution in [0.2, 0.25) is 0 Å². The van der Waals surface area contributed by atoms with Crippen molar-refractivity contribution in [1.82, 2.24) is 15.0 Å². The highest BCUT2D eigenvalue weighted by molar-refractivity contribution is 7.91. The number of carbonyl (C=O) groups excluding carboxylic acids is 1. The molecule has 1 atom stereocenters. The molecule has 0 bridgehead atoms. The lowest BCUT2D eigenvalue weighted by Gasteiger charge is -2.16. The highest BCUT2D eigenvalue weighted by atomic mass is 35.5. The third-order valence-electron chi connectivity index (χ3n) is 5.29. The fourth-order valence-corrected chi connectivity index (χ4v) is 4.51. The van der Waals surface area contributed by atoms with E-state index in [1.165, 1.54) is 28.8 Å². The zero-order valence-corrected chi connectivity index (χ0v) is 22.3. The third-order valence-corrected chi connectivity index (χ3v) is 6.82. The number of nitrogens with two attached hydrogens (primary N) is 2. The smallest absolute Gasteiger partial charge is 0.322 e. The number of fused-ring (bicyclic) bond motifs is 1. The zero-order valence-electron chi connectivity index (χ0n) is 20.6. The minimum atomic E-state index is -3.78. The van der Waals surface area contributed by atoms with Gasteiger partial charge in [0.15, 0.2) is 15.8 Å². The number of carbonyl (C=O) groups is 2. The monoisotopic (exact) mass is 580 g/mol. The number of aliphatic imine (C=N–C) groups is 1. The number of halogens is 1. The molecule has 0 saturated carbocycles. The summed E-state index contributed by atoms with van der Waals surface area (Å²) in [4.78, 5) is 40.8. The zero-order chi connectivity index (χ0) is 27.7. The number of aromatic nitrogens is 1. The van der Waals surface area contributed by atoms with Crippen LogP contribution in [0.3, 0.4) is 0 Å². The second-order valence-corrected chi connectivity index (χ2v) is 10.1. The van der Waals surface area contributed by atoms with E-state index in [2.05, 4.69) is 15.6 Å².